The van der Waals surface area contributed by atoms with Gasteiger partial charge in [-0.25, -0.2) is 4.79 Å². The summed E-state index contributed by atoms with van der Waals surface area (Å²) >= 11 is 0. The minimum Gasteiger partial charge on any atom is -0.481 e. The molecule has 1 amide bonds. The number of rotatable bonds is 10. The van der Waals surface area contributed by atoms with Gasteiger partial charge in [-0.15, -0.1) is 0 Å². The molecule has 8 nitrogen and oxygen atoms in total. The van der Waals surface area contributed by atoms with Crippen LogP contribution in [-0.4, -0.2) is 91.7 Å². The lowest BCUT2D eigenvalue weighted by molar-refractivity contribution is -0.146. The van der Waals surface area contributed by atoms with Gasteiger partial charge in [0.15, 0.2) is 0 Å². The van der Waals surface area contributed by atoms with Crippen LogP contribution in [0.3, 0.4) is 0 Å². The van der Waals surface area contributed by atoms with Gasteiger partial charge in [0.1, 0.15) is 5.60 Å². The highest BCUT2D eigenvalue weighted by molar-refractivity contribution is 5.73. The average molecular weight is 360 g/mol. The summed E-state index contributed by atoms with van der Waals surface area (Å²) in [6.07, 6.45) is 0.355. The van der Waals surface area contributed by atoms with Gasteiger partial charge in [0.2, 0.25) is 0 Å². The molecule has 0 atom stereocenters. The van der Waals surface area contributed by atoms with E-state index >= 15 is 0 Å². The van der Waals surface area contributed by atoms with Crippen LogP contribution in [0.15, 0.2) is 0 Å². The first-order valence-electron chi connectivity index (χ1n) is 8.56. The zero-order valence-electron chi connectivity index (χ0n) is 16.0. The van der Waals surface area contributed by atoms with Gasteiger partial charge >= 0.3 is 12.1 Å². The first kappa shape index (κ1) is 21.7. The highest BCUT2D eigenvalue weighted by Gasteiger charge is 2.51. The van der Waals surface area contributed by atoms with Crippen LogP contribution in [0.4, 0.5) is 4.79 Å². The Morgan fingerprint density at radius 2 is 1.72 bits per heavy atom. The molecule has 1 N–H and O–H groups in total. The van der Waals surface area contributed by atoms with Crippen molar-refractivity contribution in [2.75, 3.05) is 53.6 Å². The van der Waals surface area contributed by atoms with Gasteiger partial charge in [0, 0.05) is 47.0 Å². The third-order valence-corrected chi connectivity index (χ3v) is 4.11. The molecule has 1 aliphatic rings. The maximum atomic E-state index is 12.2. The lowest BCUT2D eigenvalue weighted by atomic mass is 9.84. The molecule has 0 bridgehead atoms. The molecule has 1 rings (SSSR count). The van der Waals surface area contributed by atoms with Gasteiger partial charge in [-0.05, 0) is 27.2 Å². The average Bonchev–Trinajstić information content (AvgIpc) is 2.44. The number of carboxylic acid groups (broad SMARTS) is 1. The molecule has 0 aromatic rings. The molecular formula is C17H32N2O6. The molecule has 1 heterocycles. The molecule has 0 saturated carbocycles. The summed E-state index contributed by atoms with van der Waals surface area (Å²) < 4.78 is 15.6. The molecule has 0 aromatic heterocycles. The van der Waals surface area contributed by atoms with E-state index in [1.807, 2.05) is 20.8 Å². The summed E-state index contributed by atoms with van der Waals surface area (Å²) in [4.78, 5) is 27.3. The van der Waals surface area contributed by atoms with Crippen molar-refractivity contribution >= 4 is 12.1 Å². The number of likely N-dealkylation sites (tertiary alicyclic amines) is 1. The predicted molar refractivity (Wildman–Crippen MR) is 92.7 cm³/mol. The van der Waals surface area contributed by atoms with Crippen LogP contribution in [0.5, 0.6) is 0 Å². The van der Waals surface area contributed by atoms with Gasteiger partial charge in [0.05, 0.1) is 18.6 Å². The van der Waals surface area contributed by atoms with Crippen molar-refractivity contribution in [1.82, 2.24) is 9.80 Å². The van der Waals surface area contributed by atoms with Crippen molar-refractivity contribution in [3.8, 4) is 0 Å². The summed E-state index contributed by atoms with van der Waals surface area (Å²) in [5.41, 5.74) is -1.16. The smallest absolute Gasteiger partial charge is 0.410 e. The first-order chi connectivity index (χ1) is 11.6. The molecule has 146 valence electrons. The highest BCUT2D eigenvalue weighted by atomic mass is 16.6. The molecule has 0 aromatic carbocycles. The molecule has 0 aliphatic carbocycles. The predicted octanol–water partition coefficient (Wildman–Crippen LogP) is 1.44. The third-order valence-electron chi connectivity index (χ3n) is 4.11. The molecule has 1 fully saturated rings. The van der Waals surface area contributed by atoms with E-state index in [-0.39, 0.29) is 6.42 Å². The van der Waals surface area contributed by atoms with Crippen LogP contribution in [0, 0.1) is 0 Å². The number of hydrogen-bond acceptors (Lipinski definition) is 6. The minimum absolute atomic E-state index is 0.0248. The van der Waals surface area contributed by atoms with Gasteiger partial charge in [-0.2, -0.15) is 0 Å². The summed E-state index contributed by atoms with van der Waals surface area (Å²) in [5.74, 6) is -0.877. The van der Waals surface area contributed by atoms with Gasteiger partial charge in [-0.3, -0.25) is 9.69 Å². The number of methoxy groups -OCH3 is 2. The Labute approximate surface area is 150 Å². The second-order valence-electron chi connectivity index (χ2n) is 7.46. The van der Waals surface area contributed by atoms with E-state index < -0.39 is 23.2 Å². The molecule has 0 radical (unpaired) electrons. The van der Waals surface area contributed by atoms with Gasteiger partial charge < -0.3 is 24.2 Å². The lowest BCUT2D eigenvalue weighted by Gasteiger charge is -2.55. The van der Waals surface area contributed by atoms with Crippen molar-refractivity contribution in [1.29, 1.82) is 0 Å². The fourth-order valence-electron chi connectivity index (χ4n) is 3.01. The van der Waals surface area contributed by atoms with Crippen LogP contribution in [-0.2, 0) is 19.0 Å². The van der Waals surface area contributed by atoms with E-state index in [0.717, 1.165) is 6.42 Å². The Morgan fingerprint density at radius 1 is 1.12 bits per heavy atom. The topological polar surface area (TPSA) is 88.5 Å². The largest absolute Gasteiger partial charge is 0.481 e. The molecule has 8 heteroatoms. The number of ether oxygens (including phenoxy) is 3. The standard InChI is InChI=1S/C17H32N2O6/c1-16(2,3)25-15(22)18-12-17(13-18,11-14(20)21)19(8-10-24-5)7-6-9-23-4/h6-13H2,1-5H3,(H,20,21). The van der Waals surface area contributed by atoms with Crippen molar-refractivity contribution in [2.24, 2.45) is 0 Å². The van der Waals surface area contributed by atoms with E-state index in [2.05, 4.69) is 4.90 Å². The van der Waals surface area contributed by atoms with Crippen molar-refractivity contribution in [3.63, 3.8) is 0 Å². The zero-order chi connectivity index (χ0) is 19.1. The van der Waals surface area contributed by atoms with Crippen LogP contribution in [0.2, 0.25) is 0 Å². The highest BCUT2D eigenvalue weighted by Crippen LogP contribution is 2.33. The minimum atomic E-state index is -0.877. The maximum absolute atomic E-state index is 12.2. The van der Waals surface area contributed by atoms with Gasteiger partial charge in [-0.1, -0.05) is 0 Å². The number of hydrogen-bond donors (Lipinski definition) is 1. The third kappa shape index (κ3) is 6.80. The van der Waals surface area contributed by atoms with Crippen LogP contribution in [0.25, 0.3) is 0 Å². The Morgan fingerprint density at radius 3 is 2.20 bits per heavy atom. The molecule has 0 unspecified atom stereocenters. The number of carbonyl (C=O) groups excluding carboxylic acids is 1. The fourth-order valence-corrected chi connectivity index (χ4v) is 3.01. The summed E-state index contributed by atoms with van der Waals surface area (Å²) in [6, 6.07) is 0. The van der Waals surface area contributed by atoms with Crippen LogP contribution in [0.1, 0.15) is 33.6 Å². The van der Waals surface area contributed by atoms with Gasteiger partial charge in [0.25, 0.3) is 0 Å². The Kier molecular flexibility index (Phi) is 8.11. The maximum Gasteiger partial charge on any atom is 0.410 e. The SMILES string of the molecule is COCCCN(CCOC)C1(CC(=O)O)CN(C(=O)OC(C)(C)C)C1. The second kappa shape index (κ2) is 9.35. The quantitative estimate of drug-likeness (QED) is 0.590. The first-order valence-corrected chi connectivity index (χ1v) is 8.56. The van der Waals surface area contributed by atoms with Crippen LogP contribution >= 0.6 is 0 Å². The van der Waals surface area contributed by atoms with E-state index in [0.29, 0.717) is 39.4 Å². The zero-order valence-corrected chi connectivity index (χ0v) is 16.0. The fraction of sp³-hybridized carbons (Fsp3) is 0.882. The molecule has 1 saturated heterocycles. The number of carboxylic acids is 1. The molecule has 1 aliphatic heterocycles. The monoisotopic (exact) mass is 360 g/mol. The summed E-state index contributed by atoms with van der Waals surface area (Å²) in [7, 11) is 3.26. The van der Waals surface area contributed by atoms with Crippen molar-refractivity contribution in [2.45, 2.75) is 44.8 Å². The van der Waals surface area contributed by atoms with Crippen LogP contribution < -0.4 is 0 Å². The molecule has 0 spiro atoms. The number of carbonyl (C=O) groups is 2. The molecule has 25 heavy (non-hydrogen) atoms. The molecular weight excluding hydrogens is 328 g/mol. The normalized spacial score (nSPS) is 16.6. The van der Waals surface area contributed by atoms with E-state index in [9.17, 15) is 14.7 Å². The Hall–Kier alpha value is -1.38. The number of amides is 1. The Balaban J connectivity index is 2.80. The summed E-state index contributed by atoms with van der Waals surface area (Å²) in [6.45, 7) is 8.50. The second-order valence-corrected chi connectivity index (χ2v) is 7.46. The number of aliphatic carboxylic acids is 1. The number of nitrogens with zero attached hydrogens (tertiary/aromatic N) is 2. The van der Waals surface area contributed by atoms with E-state index in [1.54, 1.807) is 19.1 Å². The summed E-state index contributed by atoms with van der Waals surface area (Å²) in [5, 5.41) is 9.35. The lowest BCUT2D eigenvalue weighted by Crippen LogP contribution is -2.72. The van der Waals surface area contributed by atoms with E-state index in [4.69, 9.17) is 14.2 Å². The van der Waals surface area contributed by atoms with Crippen molar-refractivity contribution < 1.29 is 28.9 Å². The van der Waals surface area contributed by atoms with E-state index in [1.165, 1.54) is 0 Å². The van der Waals surface area contributed by atoms with Crippen molar-refractivity contribution in [3.05, 3.63) is 0 Å². The Bertz CT molecular complexity index is 443.